The normalized spacial score (nSPS) is 17.6. The lowest BCUT2D eigenvalue weighted by atomic mass is 9.79. The van der Waals surface area contributed by atoms with Gasteiger partial charge in [0.15, 0.2) is 11.6 Å². The van der Waals surface area contributed by atoms with Gasteiger partial charge in [0.05, 0.1) is 5.57 Å². The van der Waals surface area contributed by atoms with Crippen LogP contribution in [0.25, 0.3) is 11.1 Å². The third-order valence-electron chi connectivity index (χ3n) is 4.62. The molecule has 0 heterocycles. The number of aromatic hydroxyl groups is 1. The lowest BCUT2D eigenvalue weighted by Gasteiger charge is -2.25. The van der Waals surface area contributed by atoms with Crippen LogP contribution in [-0.2, 0) is 9.59 Å². The number of benzene rings is 2. The van der Waals surface area contributed by atoms with Gasteiger partial charge in [-0.25, -0.2) is 0 Å². The first-order chi connectivity index (χ1) is 12.0. The molecule has 0 fully saturated rings. The Labute approximate surface area is 146 Å². The van der Waals surface area contributed by atoms with Gasteiger partial charge in [0.1, 0.15) is 11.5 Å². The van der Waals surface area contributed by atoms with Gasteiger partial charge in [-0.2, -0.15) is 0 Å². The van der Waals surface area contributed by atoms with Crippen molar-refractivity contribution in [2.75, 3.05) is 0 Å². The molecule has 0 aliphatic heterocycles. The van der Waals surface area contributed by atoms with Crippen molar-refractivity contribution in [2.24, 2.45) is 0 Å². The second-order valence-electron chi connectivity index (χ2n) is 6.26. The molecular weight excluding hydrogens is 316 g/mol. The van der Waals surface area contributed by atoms with Crippen molar-refractivity contribution < 1.29 is 19.8 Å². The number of allylic oxidation sites excluding steroid dienone is 2. The maximum atomic E-state index is 12.4. The van der Waals surface area contributed by atoms with Crippen LogP contribution in [0, 0.1) is 0 Å². The molecule has 4 nitrogen and oxygen atoms in total. The summed E-state index contributed by atoms with van der Waals surface area (Å²) in [7, 11) is 0. The summed E-state index contributed by atoms with van der Waals surface area (Å²) in [5, 5.41) is 19.8. The lowest BCUT2D eigenvalue weighted by molar-refractivity contribution is -0.122. The van der Waals surface area contributed by atoms with Crippen LogP contribution in [0.3, 0.4) is 0 Å². The molecule has 0 bridgehead atoms. The molecule has 0 aromatic heterocycles. The van der Waals surface area contributed by atoms with E-state index < -0.39 is 0 Å². The number of Topliss-reactive ketones (excluding diaryl/α,β-unsaturated/α-hetero) is 2. The summed E-state index contributed by atoms with van der Waals surface area (Å²) in [6.45, 7) is 1.68. The molecule has 0 saturated heterocycles. The molecule has 0 amide bonds. The number of carbonyl (C=O) groups excluding carboxylic acids is 2. The topological polar surface area (TPSA) is 74.6 Å². The van der Waals surface area contributed by atoms with Crippen LogP contribution in [0.2, 0.25) is 0 Å². The number of aliphatic hydroxyl groups excluding tert-OH is 1. The van der Waals surface area contributed by atoms with Crippen molar-refractivity contribution in [1.29, 1.82) is 0 Å². The van der Waals surface area contributed by atoms with Gasteiger partial charge in [-0.05, 0) is 34.7 Å². The number of hydrogen-bond acceptors (Lipinski definition) is 4. The number of phenols is 1. The molecule has 4 heteroatoms. The van der Waals surface area contributed by atoms with Crippen molar-refractivity contribution in [3.63, 3.8) is 0 Å². The summed E-state index contributed by atoms with van der Waals surface area (Å²) in [5.74, 6) is -0.675. The zero-order chi connectivity index (χ0) is 18.0. The van der Waals surface area contributed by atoms with Crippen molar-refractivity contribution in [3.8, 4) is 16.9 Å². The fraction of sp³-hybridized carbons (Fsp3) is 0.238. The van der Waals surface area contributed by atoms with Gasteiger partial charge in [0, 0.05) is 19.3 Å². The first-order valence-corrected chi connectivity index (χ1v) is 8.38. The van der Waals surface area contributed by atoms with Gasteiger partial charge in [0.2, 0.25) is 0 Å². The van der Waals surface area contributed by atoms with E-state index in [9.17, 15) is 19.8 Å². The molecule has 0 spiro atoms. The van der Waals surface area contributed by atoms with Crippen LogP contribution in [0.4, 0.5) is 0 Å². The summed E-state index contributed by atoms with van der Waals surface area (Å²) in [5.41, 5.74) is 2.81. The van der Waals surface area contributed by atoms with E-state index in [0.717, 1.165) is 16.7 Å². The van der Waals surface area contributed by atoms with Gasteiger partial charge in [-0.1, -0.05) is 43.3 Å². The Morgan fingerprint density at radius 3 is 2.36 bits per heavy atom. The second kappa shape index (κ2) is 6.93. The number of rotatable bonds is 4. The van der Waals surface area contributed by atoms with Crippen molar-refractivity contribution >= 4 is 11.6 Å². The molecule has 0 saturated carbocycles. The highest BCUT2D eigenvalue weighted by Gasteiger charge is 2.32. The quantitative estimate of drug-likeness (QED) is 0.817. The Hall–Kier alpha value is -2.88. The van der Waals surface area contributed by atoms with Crippen LogP contribution in [0.15, 0.2) is 59.9 Å². The molecule has 25 heavy (non-hydrogen) atoms. The number of hydrogen-bond donors (Lipinski definition) is 2. The number of aliphatic hydroxyl groups is 1. The fourth-order valence-corrected chi connectivity index (χ4v) is 3.36. The van der Waals surface area contributed by atoms with Gasteiger partial charge in [-0.15, -0.1) is 0 Å². The molecule has 128 valence electrons. The highest BCUT2D eigenvalue weighted by molar-refractivity contribution is 6.21. The Morgan fingerprint density at radius 1 is 1.04 bits per heavy atom. The summed E-state index contributed by atoms with van der Waals surface area (Å²) in [4.78, 5) is 24.3. The largest absolute Gasteiger partial charge is 0.511 e. The zero-order valence-corrected chi connectivity index (χ0v) is 14.0. The molecule has 2 aromatic rings. The SMILES string of the molecule is CCC(=O)C1=C(O)CC(c2ccccc2-c2ccc(O)cc2)CC1=O. The summed E-state index contributed by atoms with van der Waals surface area (Å²) in [6.07, 6.45) is 0.696. The van der Waals surface area contributed by atoms with Gasteiger partial charge in [0.25, 0.3) is 0 Å². The molecule has 1 atom stereocenters. The standard InChI is InChI=1S/C21H20O4/c1-2-18(23)21-19(24)11-14(12-20(21)25)17-6-4-3-5-16(17)13-7-9-15(22)10-8-13/h3-10,14,22,24H,2,11-12H2,1H3. The second-order valence-corrected chi connectivity index (χ2v) is 6.26. The minimum atomic E-state index is -0.298. The summed E-state index contributed by atoms with van der Waals surface area (Å²) >= 11 is 0. The first kappa shape index (κ1) is 17.0. The van der Waals surface area contributed by atoms with E-state index in [4.69, 9.17) is 0 Å². The van der Waals surface area contributed by atoms with E-state index in [0.29, 0.717) is 0 Å². The third-order valence-corrected chi connectivity index (χ3v) is 4.62. The van der Waals surface area contributed by atoms with Gasteiger partial charge >= 0.3 is 0 Å². The van der Waals surface area contributed by atoms with Crippen molar-refractivity contribution in [1.82, 2.24) is 0 Å². The van der Waals surface area contributed by atoms with Crippen LogP contribution >= 0.6 is 0 Å². The highest BCUT2D eigenvalue weighted by Crippen LogP contribution is 2.39. The highest BCUT2D eigenvalue weighted by atomic mass is 16.3. The Kier molecular flexibility index (Phi) is 4.70. The predicted molar refractivity (Wildman–Crippen MR) is 95.5 cm³/mol. The molecule has 0 radical (unpaired) electrons. The zero-order valence-electron chi connectivity index (χ0n) is 14.0. The van der Waals surface area contributed by atoms with E-state index in [1.54, 1.807) is 19.1 Å². The van der Waals surface area contributed by atoms with Crippen LogP contribution < -0.4 is 0 Å². The van der Waals surface area contributed by atoms with E-state index in [1.165, 1.54) is 0 Å². The molecular formula is C21H20O4. The molecule has 1 aliphatic rings. The fourth-order valence-electron chi connectivity index (χ4n) is 3.36. The summed E-state index contributed by atoms with van der Waals surface area (Å²) in [6, 6.07) is 14.6. The average Bonchev–Trinajstić information content (AvgIpc) is 2.61. The molecule has 2 N–H and O–H groups in total. The smallest absolute Gasteiger partial charge is 0.170 e. The van der Waals surface area contributed by atoms with E-state index in [1.807, 2.05) is 36.4 Å². The van der Waals surface area contributed by atoms with Crippen LogP contribution in [-0.4, -0.2) is 21.8 Å². The van der Waals surface area contributed by atoms with Crippen LogP contribution in [0.5, 0.6) is 5.75 Å². The van der Waals surface area contributed by atoms with Crippen LogP contribution in [0.1, 0.15) is 37.7 Å². The maximum Gasteiger partial charge on any atom is 0.170 e. The Balaban J connectivity index is 1.99. The Bertz CT molecular complexity index is 846. The minimum absolute atomic E-state index is 0.0270. The minimum Gasteiger partial charge on any atom is -0.511 e. The molecule has 3 rings (SSSR count). The summed E-state index contributed by atoms with van der Waals surface area (Å²) < 4.78 is 0. The van der Waals surface area contributed by atoms with Gasteiger partial charge in [-0.3, -0.25) is 9.59 Å². The lowest BCUT2D eigenvalue weighted by Crippen LogP contribution is -2.23. The predicted octanol–water partition coefficient (Wildman–Crippen LogP) is 4.30. The van der Waals surface area contributed by atoms with Crippen molar-refractivity contribution in [3.05, 3.63) is 65.4 Å². The maximum absolute atomic E-state index is 12.4. The number of phenolic OH excluding ortho intramolecular Hbond substituents is 1. The monoisotopic (exact) mass is 336 g/mol. The van der Waals surface area contributed by atoms with E-state index >= 15 is 0 Å². The van der Waals surface area contributed by atoms with E-state index in [2.05, 4.69) is 0 Å². The molecule has 1 unspecified atom stereocenters. The number of carbonyl (C=O) groups is 2. The average molecular weight is 336 g/mol. The number of ketones is 2. The third kappa shape index (κ3) is 3.33. The Morgan fingerprint density at radius 2 is 1.72 bits per heavy atom. The first-order valence-electron chi connectivity index (χ1n) is 8.38. The molecule has 2 aromatic carbocycles. The van der Waals surface area contributed by atoms with Gasteiger partial charge < -0.3 is 10.2 Å². The van der Waals surface area contributed by atoms with E-state index in [-0.39, 0.29) is 53.8 Å². The van der Waals surface area contributed by atoms with Crippen molar-refractivity contribution in [2.45, 2.75) is 32.1 Å². The molecule has 1 aliphatic carbocycles.